The summed E-state index contributed by atoms with van der Waals surface area (Å²) in [5.74, 6) is 0.952. The minimum atomic E-state index is -1.96. The first-order chi connectivity index (χ1) is 33.8. The van der Waals surface area contributed by atoms with Crippen LogP contribution in [-0.2, 0) is 35.0 Å². The van der Waals surface area contributed by atoms with Gasteiger partial charge in [0.1, 0.15) is 78.9 Å². The number of fused-ring (bicyclic) bond motifs is 7. The van der Waals surface area contributed by atoms with Gasteiger partial charge in [0.15, 0.2) is 18.8 Å². The van der Waals surface area contributed by atoms with Crippen molar-refractivity contribution in [2.75, 3.05) is 19.8 Å². The molecule has 0 bridgehead atoms. The quantitative estimate of drug-likeness (QED) is 0.126. The first-order valence-electron chi connectivity index (χ1n) is 26.3. The van der Waals surface area contributed by atoms with Crippen molar-refractivity contribution in [2.24, 2.45) is 50.2 Å². The van der Waals surface area contributed by atoms with Crippen molar-refractivity contribution in [3.8, 4) is 0 Å². The van der Waals surface area contributed by atoms with Crippen molar-refractivity contribution in [1.82, 2.24) is 20.3 Å². The lowest BCUT2D eigenvalue weighted by molar-refractivity contribution is -0.374. The second-order valence-electron chi connectivity index (χ2n) is 25.0. The molecular weight excluding hydrogens is 941 g/mol. The van der Waals surface area contributed by atoms with Crippen LogP contribution in [0.25, 0.3) is 0 Å². The molecule has 21 heteroatoms. The van der Waals surface area contributed by atoms with E-state index in [9.17, 15) is 61.0 Å². The molecule has 0 radical (unpaired) electrons. The van der Waals surface area contributed by atoms with Crippen LogP contribution in [0.3, 0.4) is 0 Å². The Labute approximate surface area is 420 Å². The van der Waals surface area contributed by atoms with Gasteiger partial charge in [0.2, 0.25) is 5.91 Å². The van der Waals surface area contributed by atoms with Gasteiger partial charge in [0, 0.05) is 0 Å². The van der Waals surface area contributed by atoms with Crippen LogP contribution in [0.2, 0.25) is 0 Å². The zero-order chi connectivity index (χ0) is 52.2. The number of aliphatic hydroxyl groups is 11. The van der Waals surface area contributed by atoms with E-state index in [0.717, 1.165) is 64.2 Å². The number of aromatic nitrogens is 3. The van der Waals surface area contributed by atoms with Crippen LogP contribution >= 0.6 is 0 Å². The Morgan fingerprint density at radius 2 is 1.29 bits per heavy atom. The summed E-state index contributed by atoms with van der Waals surface area (Å²) in [5.41, 5.74) is 1.16. The number of ether oxygens (including phenoxy) is 5. The standard InChI is InChI=1S/C51H82N4O17/c1-46(2)14-16-51(17-15-49(6)25(26(51)18-46)8-9-31-48(5)12-11-32(59)47(3,4)30(48)10-13-50(31,49)7)45(67)52-19-24-20-55(54-53-24)42-37(64)35(62)40(28(22-57)68-42)71-44-39(66)36(63)41(29(23-58)70-44)72-43-38(65)34(61)33(60)27(21-56)69-43/h8,20,26-44,56-66H,9-19,21-23H2,1-7H3,(H,52,67)/t26-,27+,28+,29+,30-,31+,32-,33+,34-,35+,36+,37+,38+,39+,40+,41+,42+,43+,44+,48-,49+,50+,51-/m0/s1. The number of hydrogen-bond donors (Lipinski definition) is 12. The lowest BCUT2D eigenvalue weighted by Gasteiger charge is -2.71. The van der Waals surface area contributed by atoms with Gasteiger partial charge in [0.05, 0.1) is 44.1 Å². The summed E-state index contributed by atoms with van der Waals surface area (Å²) < 4.78 is 29.7. The first kappa shape index (κ1) is 54.5. The average Bonchev–Trinajstić information content (AvgIpc) is 3.82. The maximum Gasteiger partial charge on any atom is 0.227 e. The highest BCUT2D eigenvalue weighted by Crippen LogP contribution is 2.75. The lowest BCUT2D eigenvalue weighted by Crippen LogP contribution is -2.66. The van der Waals surface area contributed by atoms with E-state index >= 15 is 0 Å². The summed E-state index contributed by atoms with van der Waals surface area (Å²) in [4.78, 5) is 14.9. The molecule has 4 saturated carbocycles. The van der Waals surface area contributed by atoms with E-state index in [1.165, 1.54) is 16.5 Å². The van der Waals surface area contributed by atoms with Crippen molar-refractivity contribution in [3.05, 3.63) is 23.5 Å². The molecule has 0 unspecified atom stereocenters. The zero-order valence-electron chi connectivity index (χ0n) is 42.7. The zero-order valence-corrected chi connectivity index (χ0v) is 42.7. The highest BCUT2D eigenvalue weighted by Gasteiger charge is 2.69. The highest BCUT2D eigenvalue weighted by molar-refractivity contribution is 5.84. The molecular formula is C51H82N4O17. The van der Waals surface area contributed by atoms with Crippen LogP contribution in [0.1, 0.15) is 125 Å². The maximum atomic E-state index is 14.9. The normalized spacial score (nSPS) is 49.9. The van der Waals surface area contributed by atoms with Crippen LogP contribution in [0.4, 0.5) is 0 Å². The molecule has 9 rings (SSSR count). The van der Waals surface area contributed by atoms with E-state index in [2.05, 4.69) is 70.2 Å². The molecule has 12 N–H and O–H groups in total. The summed E-state index contributed by atoms with van der Waals surface area (Å²) in [6.45, 7) is 14.4. The van der Waals surface area contributed by atoms with Crippen molar-refractivity contribution < 1.29 is 84.7 Å². The minimum absolute atomic E-state index is 0.0244. The number of amides is 1. The molecule has 3 aliphatic heterocycles. The molecule has 1 aromatic rings. The number of carbonyl (C=O) groups is 1. The molecule has 3 saturated heterocycles. The fraction of sp³-hybridized carbons (Fsp3) is 0.902. The average molecular weight is 1020 g/mol. The molecule has 4 heterocycles. The Bertz CT molecular complexity index is 2140. The number of nitrogens with zero attached hydrogens (tertiary/aromatic N) is 3. The Hall–Kier alpha value is -2.29. The van der Waals surface area contributed by atoms with Gasteiger partial charge < -0.3 is 85.2 Å². The third kappa shape index (κ3) is 8.64. The monoisotopic (exact) mass is 1020 g/mol. The number of nitrogens with one attached hydrogen (secondary N) is 1. The Morgan fingerprint density at radius 1 is 0.694 bits per heavy atom. The Balaban J connectivity index is 0.859. The van der Waals surface area contributed by atoms with Crippen molar-refractivity contribution in [2.45, 2.75) is 217 Å². The van der Waals surface area contributed by atoms with Crippen LogP contribution in [-0.4, -0.2) is 189 Å². The maximum absolute atomic E-state index is 14.9. The highest BCUT2D eigenvalue weighted by atomic mass is 16.7. The molecule has 0 aromatic carbocycles. The Kier molecular flexibility index (Phi) is 14.9. The molecule has 23 atom stereocenters. The van der Waals surface area contributed by atoms with Crippen LogP contribution in [0, 0.1) is 50.2 Å². The van der Waals surface area contributed by atoms with E-state index in [1.807, 2.05) is 0 Å². The van der Waals surface area contributed by atoms with Gasteiger partial charge in [-0.3, -0.25) is 4.79 Å². The molecule has 408 valence electrons. The fourth-order valence-electron chi connectivity index (χ4n) is 15.8. The number of aliphatic hydroxyl groups excluding tert-OH is 11. The fourth-order valence-corrected chi connectivity index (χ4v) is 15.8. The topological polar surface area (TPSA) is 328 Å². The summed E-state index contributed by atoms with van der Waals surface area (Å²) in [6, 6.07) is 0. The third-order valence-electron chi connectivity index (χ3n) is 20.4. The summed E-state index contributed by atoms with van der Waals surface area (Å²) >= 11 is 0. The summed E-state index contributed by atoms with van der Waals surface area (Å²) in [7, 11) is 0. The molecule has 0 spiro atoms. The molecule has 1 aromatic heterocycles. The third-order valence-corrected chi connectivity index (χ3v) is 20.4. The van der Waals surface area contributed by atoms with Crippen molar-refractivity contribution in [1.29, 1.82) is 0 Å². The summed E-state index contributed by atoms with van der Waals surface area (Å²) in [6.07, 6.45) is -12.2. The SMILES string of the molecule is CC1(C)CC[C@]2(C(=O)NCc3cn([C@@H]4O[C@H](CO)[C@@H](O[C@H]5O[C@H](CO)[C@@H](O[C@H]6O[C@H](CO)[C@@H](O)[C@H](O)[C@H]6O)[C@H](O)[C@H]5O)[C@H](O)[C@H]4O)nn3)CC[C@]3(C)C(=CC[C@@H]4[C@@]5(C)CC[C@H](O)C(C)(C)[C@@H]5CC[C@]43C)[C@@H]2C1. The Morgan fingerprint density at radius 3 is 1.94 bits per heavy atom. The molecule has 8 aliphatic rings. The summed E-state index contributed by atoms with van der Waals surface area (Å²) in [5, 5.41) is 129. The largest absolute Gasteiger partial charge is 0.394 e. The van der Waals surface area contributed by atoms with Gasteiger partial charge in [-0.05, 0) is 109 Å². The second kappa shape index (κ2) is 19.6. The van der Waals surface area contributed by atoms with Crippen LogP contribution in [0.5, 0.6) is 0 Å². The molecule has 72 heavy (non-hydrogen) atoms. The van der Waals surface area contributed by atoms with Gasteiger partial charge in [-0.2, -0.15) is 0 Å². The number of rotatable bonds is 11. The van der Waals surface area contributed by atoms with E-state index in [4.69, 9.17) is 23.7 Å². The van der Waals surface area contributed by atoms with Gasteiger partial charge in [-0.15, -0.1) is 5.10 Å². The predicted molar refractivity (Wildman–Crippen MR) is 251 cm³/mol. The lowest BCUT2D eigenvalue weighted by atomic mass is 9.33. The number of carbonyl (C=O) groups excluding carboxylic acids is 1. The first-order valence-corrected chi connectivity index (χ1v) is 26.3. The van der Waals surface area contributed by atoms with Gasteiger partial charge >= 0.3 is 0 Å². The van der Waals surface area contributed by atoms with Gasteiger partial charge in [-0.1, -0.05) is 65.3 Å². The van der Waals surface area contributed by atoms with E-state index < -0.39 is 117 Å². The molecule has 5 aliphatic carbocycles. The van der Waals surface area contributed by atoms with E-state index in [-0.39, 0.29) is 51.5 Å². The van der Waals surface area contributed by atoms with Crippen LogP contribution in [0.15, 0.2) is 17.8 Å². The molecule has 21 nitrogen and oxygen atoms in total. The van der Waals surface area contributed by atoms with Crippen LogP contribution < -0.4 is 5.32 Å². The van der Waals surface area contributed by atoms with Crippen molar-refractivity contribution >= 4 is 5.91 Å². The minimum Gasteiger partial charge on any atom is -0.394 e. The van der Waals surface area contributed by atoms with Crippen molar-refractivity contribution in [3.63, 3.8) is 0 Å². The van der Waals surface area contributed by atoms with E-state index in [0.29, 0.717) is 17.5 Å². The smallest absolute Gasteiger partial charge is 0.227 e. The number of hydrogen-bond acceptors (Lipinski definition) is 19. The number of allylic oxidation sites excluding steroid dienone is 2. The van der Waals surface area contributed by atoms with Gasteiger partial charge in [0.25, 0.3) is 0 Å². The molecule has 7 fully saturated rings. The predicted octanol–water partition coefficient (Wildman–Crippen LogP) is -0.322. The van der Waals surface area contributed by atoms with E-state index in [1.54, 1.807) is 0 Å². The second-order valence-corrected chi connectivity index (χ2v) is 25.0. The van der Waals surface area contributed by atoms with Gasteiger partial charge in [-0.25, -0.2) is 4.68 Å². The molecule has 1 amide bonds.